The molecule has 6 nitrogen and oxygen atoms in total. The van der Waals surface area contributed by atoms with Gasteiger partial charge in [0.2, 0.25) is 11.8 Å². The molecule has 2 aromatic rings. The van der Waals surface area contributed by atoms with Gasteiger partial charge in [-0.1, -0.05) is 28.1 Å². The number of halogens is 1. The topological polar surface area (TPSA) is 80.3 Å². The Bertz CT molecular complexity index is 707. The summed E-state index contributed by atoms with van der Waals surface area (Å²) in [6.45, 7) is 3.25. The second kappa shape index (κ2) is 9.29. The average molecular weight is 406 g/mol. The van der Waals surface area contributed by atoms with Gasteiger partial charge in [-0.05, 0) is 42.3 Å². The normalized spacial score (nSPS) is 12.9. The van der Waals surface area contributed by atoms with Crippen LogP contribution in [0.2, 0.25) is 0 Å². The molecule has 2 amide bonds. The molecule has 1 aromatic heterocycles. The lowest BCUT2D eigenvalue weighted by Crippen LogP contribution is -2.33. The Balaban J connectivity index is 1.94. The molecule has 0 spiro atoms. The number of nitrogens with zero attached hydrogens (tertiary/aromatic N) is 1. The van der Waals surface area contributed by atoms with Crippen LogP contribution in [0.1, 0.15) is 43.5 Å². The Morgan fingerprint density at radius 1 is 1.12 bits per heavy atom. The van der Waals surface area contributed by atoms with E-state index in [9.17, 15) is 9.59 Å². The molecule has 1 heterocycles. The van der Waals surface area contributed by atoms with Gasteiger partial charge >= 0.3 is 0 Å². The van der Waals surface area contributed by atoms with E-state index < -0.39 is 6.04 Å². The van der Waals surface area contributed by atoms with Crippen molar-refractivity contribution < 1.29 is 14.4 Å². The van der Waals surface area contributed by atoms with Gasteiger partial charge in [-0.15, -0.1) is 0 Å². The number of pyridine rings is 1. The van der Waals surface area contributed by atoms with Crippen molar-refractivity contribution >= 4 is 27.7 Å². The molecule has 0 fully saturated rings. The SMILES string of the molecule is CC(=O)NC(CC(=O)NO[C@@H](C)c1ccncc1)c1ccc(Br)cc1. The number of amides is 2. The van der Waals surface area contributed by atoms with Crippen LogP contribution in [-0.2, 0) is 14.4 Å². The molecule has 1 aromatic carbocycles. The van der Waals surface area contributed by atoms with Crippen molar-refractivity contribution in [2.24, 2.45) is 0 Å². The molecular formula is C18H20BrN3O3. The van der Waals surface area contributed by atoms with Gasteiger partial charge in [0, 0.05) is 23.8 Å². The van der Waals surface area contributed by atoms with Gasteiger partial charge < -0.3 is 5.32 Å². The monoisotopic (exact) mass is 405 g/mol. The Morgan fingerprint density at radius 2 is 1.76 bits per heavy atom. The smallest absolute Gasteiger partial charge is 0.245 e. The first kappa shape index (κ1) is 19.1. The summed E-state index contributed by atoms with van der Waals surface area (Å²) in [4.78, 5) is 33.0. The fourth-order valence-corrected chi connectivity index (χ4v) is 2.54. The zero-order valence-electron chi connectivity index (χ0n) is 14.0. The molecule has 0 aliphatic rings. The van der Waals surface area contributed by atoms with Gasteiger partial charge in [-0.25, -0.2) is 5.48 Å². The molecule has 0 radical (unpaired) electrons. The van der Waals surface area contributed by atoms with E-state index in [2.05, 4.69) is 31.7 Å². The highest BCUT2D eigenvalue weighted by Crippen LogP contribution is 2.20. The van der Waals surface area contributed by atoms with Crippen LogP contribution in [0.25, 0.3) is 0 Å². The number of carbonyl (C=O) groups is 2. The lowest BCUT2D eigenvalue weighted by Gasteiger charge is -2.19. The van der Waals surface area contributed by atoms with Crippen molar-refractivity contribution in [2.75, 3.05) is 0 Å². The Hall–Kier alpha value is -2.25. The maximum Gasteiger partial charge on any atom is 0.245 e. The highest BCUT2D eigenvalue weighted by atomic mass is 79.9. The lowest BCUT2D eigenvalue weighted by molar-refractivity contribution is -0.138. The molecule has 0 bridgehead atoms. The summed E-state index contributed by atoms with van der Waals surface area (Å²) in [6, 6.07) is 10.7. The van der Waals surface area contributed by atoms with Gasteiger partial charge in [0.1, 0.15) is 6.10 Å². The Kier molecular flexibility index (Phi) is 7.09. The molecule has 0 aliphatic heterocycles. The van der Waals surface area contributed by atoms with E-state index in [0.717, 1.165) is 15.6 Å². The molecule has 7 heteroatoms. The molecule has 2 atom stereocenters. The minimum atomic E-state index is -0.426. The first-order chi connectivity index (χ1) is 12.0. The molecular weight excluding hydrogens is 386 g/mol. The number of hydroxylamine groups is 1. The van der Waals surface area contributed by atoms with Crippen molar-refractivity contribution in [1.82, 2.24) is 15.8 Å². The molecule has 2 N–H and O–H groups in total. The van der Waals surface area contributed by atoms with Crippen LogP contribution in [0.15, 0.2) is 53.3 Å². The quantitative estimate of drug-likeness (QED) is 0.692. The van der Waals surface area contributed by atoms with E-state index in [1.165, 1.54) is 6.92 Å². The van der Waals surface area contributed by atoms with Crippen molar-refractivity contribution in [3.63, 3.8) is 0 Å². The summed E-state index contributed by atoms with van der Waals surface area (Å²) in [5.74, 6) is -0.519. The van der Waals surface area contributed by atoms with Gasteiger partial charge in [0.15, 0.2) is 0 Å². The van der Waals surface area contributed by atoms with Crippen molar-refractivity contribution in [3.8, 4) is 0 Å². The summed E-state index contributed by atoms with van der Waals surface area (Å²) < 4.78 is 0.928. The van der Waals surface area contributed by atoms with E-state index in [1.807, 2.05) is 43.3 Å². The van der Waals surface area contributed by atoms with Crippen molar-refractivity contribution in [3.05, 3.63) is 64.4 Å². The third-order valence-corrected chi connectivity index (χ3v) is 4.09. The van der Waals surface area contributed by atoms with Gasteiger partial charge in [-0.3, -0.25) is 19.4 Å². The van der Waals surface area contributed by atoms with Gasteiger partial charge in [0.05, 0.1) is 12.5 Å². The molecule has 1 unspecified atom stereocenters. The predicted octanol–water partition coefficient (Wildman–Crippen LogP) is 3.22. The van der Waals surface area contributed by atoms with Crippen LogP contribution in [-0.4, -0.2) is 16.8 Å². The molecule has 0 saturated heterocycles. The molecule has 132 valence electrons. The van der Waals surface area contributed by atoms with E-state index in [-0.39, 0.29) is 24.3 Å². The highest BCUT2D eigenvalue weighted by Gasteiger charge is 2.18. The van der Waals surface area contributed by atoms with Crippen LogP contribution in [0, 0.1) is 0 Å². The summed E-state index contributed by atoms with van der Waals surface area (Å²) in [6.07, 6.45) is 3.10. The molecule has 25 heavy (non-hydrogen) atoms. The summed E-state index contributed by atoms with van der Waals surface area (Å²) in [7, 11) is 0. The maximum absolute atomic E-state index is 12.2. The summed E-state index contributed by atoms with van der Waals surface area (Å²) >= 11 is 3.37. The maximum atomic E-state index is 12.2. The van der Waals surface area contributed by atoms with E-state index in [0.29, 0.717) is 0 Å². The number of hydrogen-bond donors (Lipinski definition) is 2. The minimum Gasteiger partial charge on any atom is -0.349 e. The lowest BCUT2D eigenvalue weighted by atomic mass is 10.0. The number of hydrogen-bond acceptors (Lipinski definition) is 4. The zero-order chi connectivity index (χ0) is 18.2. The van der Waals surface area contributed by atoms with Gasteiger partial charge in [0.25, 0.3) is 0 Å². The second-order valence-electron chi connectivity index (χ2n) is 5.57. The van der Waals surface area contributed by atoms with Crippen LogP contribution >= 0.6 is 15.9 Å². The number of rotatable bonds is 7. The summed E-state index contributed by atoms with van der Waals surface area (Å²) in [5.41, 5.74) is 4.19. The standard InChI is InChI=1S/C18H20BrN3O3/c1-12(14-7-9-20-10-8-14)25-22-18(24)11-17(21-13(2)23)15-3-5-16(19)6-4-15/h3-10,12,17H,11H2,1-2H3,(H,21,23)(H,22,24)/t12-,17?/m0/s1. The molecule has 2 rings (SSSR count). The Morgan fingerprint density at radius 3 is 2.36 bits per heavy atom. The fourth-order valence-electron chi connectivity index (χ4n) is 2.28. The first-order valence-corrected chi connectivity index (χ1v) is 8.62. The average Bonchev–Trinajstić information content (AvgIpc) is 2.60. The first-order valence-electron chi connectivity index (χ1n) is 7.82. The van der Waals surface area contributed by atoms with Crippen LogP contribution < -0.4 is 10.8 Å². The van der Waals surface area contributed by atoms with E-state index in [4.69, 9.17) is 4.84 Å². The van der Waals surface area contributed by atoms with E-state index >= 15 is 0 Å². The second-order valence-corrected chi connectivity index (χ2v) is 6.49. The van der Waals surface area contributed by atoms with Crippen LogP contribution in [0.5, 0.6) is 0 Å². The zero-order valence-corrected chi connectivity index (χ0v) is 15.6. The Labute approximate surface area is 155 Å². The summed E-state index contributed by atoms with van der Waals surface area (Å²) in [5, 5.41) is 2.79. The van der Waals surface area contributed by atoms with Gasteiger partial charge in [-0.2, -0.15) is 0 Å². The third kappa shape index (κ3) is 6.28. The number of benzene rings is 1. The highest BCUT2D eigenvalue weighted by molar-refractivity contribution is 9.10. The number of aromatic nitrogens is 1. The van der Waals surface area contributed by atoms with Crippen LogP contribution in [0.3, 0.4) is 0 Å². The van der Waals surface area contributed by atoms with Crippen molar-refractivity contribution in [2.45, 2.75) is 32.4 Å². The van der Waals surface area contributed by atoms with E-state index in [1.54, 1.807) is 12.4 Å². The third-order valence-electron chi connectivity index (χ3n) is 3.56. The molecule has 0 saturated carbocycles. The predicted molar refractivity (Wildman–Crippen MR) is 97.2 cm³/mol. The van der Waals surface area contributed by atoms with Crippen molar-refractivity contribution in [1.29, 1.82) is 0 Å². The fraction of sp³-hybridized carbons (Fsp3) is 0.278. The number of carbonyl (C=O) groups excluding carboxylic acids is 2. The van der Waals surface area contributed by atoms with Crippen LogP contribution in [0.4, 0.5) is 0 Å². The number of nitrogens with one attached hydrogen (secondary N) is 2. The molecule has 0 aliphatic carbocycles. The minimum absolute atomic E-state index is 0.0737. The largest absolute Gasteiger partial charge is 0.349 e.